The molecule has 0 bridgehead atoms. The molecule has 1 aromatic carbocycles. The second-order valence-corrected chi connectivity index (χ2v) is 5.33. The summed E-state index contributed by atoms with van der Waals surface area (Å²) in [4.78, 5) is 13.6. The molecule has 1 amide bonds. The molecule has 0 unspecified atom stereocenters. The van der Waals surface area contributed by atoms with Crippen molar-refractivity contribution < 1.29 is 18.0 Å². The topological polar surface area (TPSA) is 70.1 Å². The Balaban J connectivity index is 2.07. The van der Waals surface area contributed by atoms with Crippen molar-refractivity contribution in [2.24, 2.45) is 5.73 Å². The molecule has 1 aliphatic heterocycles. The molecule has 2 atom stereocenters. The van der Waals surface area contributed by atoms with Crippen molar-refractivity contribution in [1.82, 2.24) is 4.90 Å². The molecule has 7 heteroatoms. The minimum Gasteiger partial charge on any atom is -0.325 e. The number of nitrogens with two attached hydrogens (primary N) is 1. The van der Waals surface area contributed by atoms with Gasteiger partial charge in [-0.15, -0.1) is 0 Å². The Morgan fingerprint density at radius 2 is 2.23 bits per heavy atom. The first-order valence-electron chi connectivity index (χ1n) is 6.94. The molecule has 4 nitrogen and oxygen atoms in total. The third-order valence-corrected chi connectivity index (χ3v) is 3.71. The number of rotatable bonds is 3. The van der Waals surface area contributed by atoms with E-state index in [2.05, 4.69) is 0 Å². The van der Waals surface area contributed by atoms with Crippen LogP contribution in [0.4, 0.5) is 13.2 Å². The summed E-state index contributed by atoms with van der Waals surface area (Å²) in [6.45, 7) is 0.466. The Labute approximate surface area is 126 Å². The van der Waals surface area contributed by atoms with Gasteiger partial charge in [-0.1, -0.05) is 18.2 Å². The van der Waals surface area contributed by atoms with E-state index in [-0.39, 0.29) is 12.3 Å². The summed E-state index contributed by atoms with van der Waals surface area (Å²) in [7, 11) is 0. The summed E-state index contributed by atoms with van der Waals surface area (Å²) < 4.78 is 38.0. The summed E-state index contributed by atoms with van der Waals surface area (Å²) in [6.07, 6.45) is -3.07. The maximum Gasteiger partial charge on any atom is 0.416 e. The number of alkyl halides is 3. The number of halogens is 3. The number of benzene rings is 1. The van der Waals surface area contributed by atoms with Crippen LogP contribution in [-0.2, 0) is 17.4 Å². The maximum atomic E-state index is 12.7. The summed E-state index contributed by atoms with van der Waals surface area (Å²) in [6, 6.07) is 5.39. The van der Waals surface area contributed by atoms with E-state index in [9.17, 15) is 18.0 Å². The number of hydrogen-bond acceptors (Lipinski definition) is 3. The number of likely N-dealkylation sites (tertiary alicyclic amines) is 1. The van der Waals surface area contributed by atoms with Crippen LogP contribution < -0.4 is 5.73 Å². The smallest absolute Gasteiger partial charge is 0.325 e. The van der Waals surface area contributed by atoms with Gasteiger partial charge < -0.3 is 10.6 Å². The maximum absolute atomic E-state index is 12.7. The summed E-state index contributed by atoms with van der Waals surface area (Å²) in [5.41, 5.74) is 5.41. The quantitative estimate of drug-likeness (QED) is 0.929. The first kappa shape index (κ1) is 16.3. The van der Waals surface area contributed by atoms with E-state index < -0.39 is 23.8 Å². The molecule has 2 N–H and O–H groups in total. The van der Waals surface area contributed by atoms with Crippen LogP contribution in [-0.4, -0.2) is 29.4 Å². The fraction of sp³-hybridized carbons (Fsp3) is 0.467. The van der Waals surface area contributed by atoms with Crippen LogP contribution in [0.5, 0.6) is 0 Å². The second kappa shape index (κ2) is 6.36. The Hall–Kier alpha value is -2.07. The summed E-state index contributed by atoms with van der Waals surface area (Å²) in [5, 5.41) is 8.97. The zero-order chi connectivity index (χ0) is 16.3. The molecule has 1 saturated heterocycles. The molecular formula is C15H16F3N3O. The molecule has 1 heterocycles. The standard InChI is InChI=1S/C15H16F3N3O/c16-15(17,18)11-4-1-3-10(7-11)8-13(20)14(22)21-6-2-5-12(21)9-19/h1,3-4,7,12-13H,2,5-6,8,20H2/t12-,13-/m0/s1. The lowest BCUT2D eigenvalue weighted by Crippen LogP contribution is -2.46. The normalized spacial score (nSPS) is 19.8. The highest BCUT2D eigenvalue weighted by Crippen LogP contribution is 2.29. The van der Waals surface area contributed by atoms with Gasteiger partial charge in [0.25, 0.3) is 0 Å². The molecule has 0 aliphatic carbocycles. The number of carbonyl (C=O) groups is 1. The lowest BCUT2D eigenvalue weighted by molar-refractivity contribution is -0.137. The van der Waals surface area contributed by atoms with E-state index >= 15 is 0 Å². The van der Waals surface area contributed by atoms with Crippen molar-refractivity contribution in [3.05, 3.63) is 35.4 Å². The largest absolute Gasteiger partial charge is 0.416 e. The van der Waals surface area contributed by atoms with Gasteiger partial charge in [0.1, 0.15) is 6.04 Å². The van der Waals surface area contributed by atoms with Gasteiger partial charge in [0, 0.05) is 6.54 Å². The zero-order valence-electron chi connectivity index (χ0n) is 11.8. The number of hydrogen-bond donors (Lipinski definition) is 1. The first-order chi connectivity index (χ1) is 10.3. The van der Waals surface area contributed by atoms with Gasteiger partial charge in [-0.05, 0) is 30.9 Å². The molecule has 2 rings (SSSR count). The van der Waals surface area contributed by atoms with Crippen molar-refractivity contribution in [1.29, 1.82) is 5.26 Å². The van der Waals surface area contributed by atoms with E-state index in [1.807, 2.05) is 6.07 Å². The highest BCUT2D eigenvalue weighted by molar-refractivity contribution is 5.82. The summed E-state index contributed by atoms with van der Waals surface area (Å²) >= 11 is 0. The molecule has 22 heavy (non-hydrogen) atoms. The second-order valence-electron chi connectivity index (χ2n) is 5.33. The molecule has 0 saturated carbocycles. The van der Waals surface area contributed by atoms with Crippen LogP contribution in [0.15, 0.2) is 24.3 Å². The average Bonchev–Trinajstić information content (AvgIpc) is 2.94. The Kier molecular flexibility index (Phi) is 4.71. The van der Waals surface area contributed by atoms with Crippen LogP contribution in [0, 0.1) is 11.3 Å². The number of amides is 1. The molecule has 118 valence electrons. The van der Waals surface area contributed by atoms with Crippen molar-refractivity contribution >= 4 is 5.91 Å². The Morgan fingerprint density at radius 3 is 2.86 bits per heavy atom. The van der Waals surface area contributed by atoms with E-state index in [4.69, 9.17) is 11.0 Å². The predicted molar refractivity (Wildman–Crippen MR) is 73.5 cm³/mol. The minimum atomic E-state index is -4.43. The number of nitrogens with zero attached hydrogens (tertiary/aromatic N) is 2. The highest BCUT2D eigenvalue weighted by Gasteiger charge is 2.33. The van der Waals surface area contributed by atoms with Crippen LogP contribution in [0.1, 0.15) is 24.0 Å². The molecule has 1 aliphatic rings. The molecule has 0 spiro atoms. The molecule has 0 radical (unpaired) electrons. The third-order valence-electron chi connectivity index (χ3n) is 3.71. The van der Waals surface area contributed by atoms with Crippen molar-refractivity contribution in [2.75, 3.05) is 6.54 Å². The third kappa shape index (κ3) is 3.57. The van der Waals surface area contributed by atoms with Gasteiger partial charge >= 0.3 is 6.18 Å². The van der Waals surface area contributed by atoms with Crippen molar-refractivity contribution in [2.45, 2.75) is 37.5 Å². The van der Waals surface area contributed by atoms with Crippen molar-refractivity contribution in [3.8, 4) is 6.07 Å². The average molecular weight is 311 g/mol. The van der Waals surface area contributed by atoms with E-state index in [0.29, 0.717) is 18.5 Å². The molecular weight excluding hydrogens is 295 g/mol. The monoisotopic (exact) mass is 311 g/mol. The molecule has 1 aromatic rings. The van der Waals surface area contributed by atoms with E-state index in [0.717, 1.165) is 18.6 Å². The van der Waals surface area contributed by atoms with Gasteiger partial charge in [-0.2, -0.15) is 18.4 Å². The number of nitriles is 1. The fourth-order valence-corrected chi connectivity index (χ4v) is 2.59. The van der Waals surface area contributed by atoms with Gasteiger partial charge in [0.05, 0.1) is 17.7 Å². The zero-order valence-corrected chi connectivity index (χ0v) is 11.8. The van der Waals surface area contributed by atoms with Gasteiger partial charge in [-0.25, -0.2) is 0 Å². The van der Waals surface area contributed by atoms with Gasteiger partial charge in [0.2, 0.25) is 5.91 Å². The van der Waals surface area contributed by atoms with E-state index in [1.54, 1.807) is 0 Å². The van der Waals surface area contributed by atoms with Crippen LogP contribution in [0.3, 0.4) is 0 Å². The lowest BCUT2D eigenvalue weighted by atomic mass is 10.0. The van der Waals surface area contributed by atoms with Gasteiger partial charge in [0.15, 0.2) is 0 Å². The van der Waals surface area contributed by atoms with Gasteiger partial charge in [-0.3, -0.25) is 4.79 Å². The predicted octanol–water partition coefficient (Wildman–Crippen LogP) is 2.09. The molecule has 1 fully saturated rings. The number of carbonyl (C=O) groups excluding carboxylic acids is 1. The van der Waals surface area contributed by atoms with Crippen LogP contribution >= 0.6 is 0 Å². The highest BCUT2D eigenvalue weighted by atomic mass is 19.4. The Morgan fingerprint density at radius 1 is 1.50 bits per heavy atom. The van der Waals surface area contributed by atoms with Crippen LogP contribution in [0.2, 0.25) is 0 Å². The SMILES string of the molecule is N#C[C@@H]1CCCN1C(=O)[C@@H](N)Cc1cccc(C(F)(F)F)c1. The minimum absolute atomic E-state index is 0.0113. The summed E-state index contributed by atoms with van der Waals surface area (Å²) in [5.74, 6) is -0.388. The first-order valence-corrected chi connectivity index (χ1v) is 6.94. The Bertz CT molecular complexity index is 594. The molecule has 0 aromatic heterocycles. The van der Waals surface area contributed by atoms with Crippen molar-refractivity contribution in [3.63, 3.8) is 0 Å². The van der Waals surface area contributed by atoms with E-state index in [1.165, 1.54) is 17.0 Å². The lowest BCUT2D eigenvalue weighted by Gasteiger charge is -2.23. The van der Waals surface area contributed by atoms with Crippen LogP contribution in [0.25, 0.3) is 0 Å². The fourth-order valence-electron chi connectivity index (χ4n) is 2.59.